The fraction of sp³-hybridized carbons (Fsp3) is 0.0870. The number of imide groups is 2. The largest absolute Gasteiger partial charge is 0.335 e. The lowest BCUT2D eigenvalue weighted by Crippen LogP contribution is -2.54. The molecule has 1 aliphatic rings. The van der Waals surface area contributed by atoms with E-state index in [2.05, 4.69) is 27.9 Å². The Morgan fingerprint density at radius 2 is 1.68 bits per heavy atom. The van der Waals surface area contributed by atoms with Crippen molar-refractivity contribution in [3.05, 3.63) is 85.7 Å². The van der Waals surface area contributed by atoms with Crippen LogP contribution in [-0.2, 0) is 9.59 Å². The molecule has 0 radical (unpaired) electrons. The predicted octanol–water partition coefficient (Wildman–Crippen LogP) is 5.02. The predicted molar refractivity (Wildman–Crippen MR) is 128 cm³/mol. The van der Waals surface area contributed by atoms with Crippen molar-refractivity contribution in [1.29, 1.82) is 0 Å². The van der Waals surface area contributed by atoms with Gasteiger partial charge in [-0.2, -0.15) is 0 Å². The number of rotatable bonds is 3. The number of hydrogen-bond donors (Lipinski definition) is 1. The molecule has 0 unspecified atom stereocenters. The van der Waals surface area contributed by atoms with Gasteiger partial charge in [-0.3, -0.25) is 14.9 Å². The molecule has 4 amide bonds. The van der Waals surface area contributed by atoms with Gasteiger partial charge in [-0.15, -0.1) is 0 Å². The molecule has 1 fully saturated rings. The number of urea groups is 1. The van der Waals surface area contributed by atoms with Gasteiger partial charge in [0.15, 0.2) is 0 Å². The Hall–Kier alpha value is -2.91. The minimum absolute atomic E-state index is 0.123. The van der Waals surface area contributed by atoms with Gasteiger partial charge in [-0.25, -0.2) is 9.69 Å². The van der Waals surface area contributed by atoms with Crippen LogP contribution in [0.1, 0.15) is 17.0 Å². The molecule has 2 aromatic carbocycles. The average Bonchev–Trinajstić information content (AvgIpc) is 2.99. The van der Waals surface area contributed by atoms with Crippen molar-refractivity contribution in [2.75, 3.05) is 4.90 Å². The summed E-state index contributed by atoms with van der Waals surface area (Å²) in [6, 6.07) is 15.5. The van der Waals surface area contributed by atoms with E-state index in [4.69, 9.17) is 11.6 Å². The van der Waals surface area contributed by atoms with Gasteiger partial charge in [0, 0.05) is 25.7 Å². The Morgan fingerprint density at radius 3 is 2.35 bits per heavy atom. The lowest BCUT2D eigenvalue weighted by atomic mass is 10.1. The van der Waals surface area contributed by atoms with Gasteiger partial charge in [0.05, 0.1) is 5.69 Å². The van der Waals surface area contributed by atoms with E-state index in [9.17, 15) is 14.4 Å². The normalized spacial score (nSPS) is 15.5. The van der Waals surface area contributed by atoms with E-state index in [1.165, 1.54) is 12.1 Å². The molecule has 1 aromatic heterocycles. The minimum atomic E-state index is -0.807. The van der Waals surface area contributed by atoms with Crippen LogP contribution in [0, 0.1) is 17.4 Å². The third-order valence-corrected chi connectivity index (χ3v) is 5.98. The van der Waals surface area contributed by atoms with Gasteiger partial charge in [0.1, 0.15) is 5.57 Å². The molecule has 156 valence electrons. The van der Waals surface area contributed by atoms with Crippen molar-refractivity contribution in [1.82, 2.24) is 9.88 Å². The molecule has 1 N–H and O–H groups in total. The number of halogens is 2. The highest BCUT2D eigenvalue weighted by Crippen LogP contribution is 2.27. The van der Waals surface area contributed by atoms with Crippen molar-refractivity contribution in [2.24, 2.45) is 0 Å². The maximum Gasteiger partial charge on any atom is 0.335 e. The first kappa shape index (κ1) is 21.3. The zero-order valence-electron chi connectivity index (χ0n) is 16.6. The molecule has 4 rings (SSSR count). The fourth-order valence-electron chi connectivity index (χ4n) is 3.58. The summed E-state index contributed by atoms with van der Waals surface area (Å²) >= 11 is 8.26. The van der Waals surface area contributed by atoms with E-state index in [-0.39, 0.29) is 11.3 Å². The van der Waals surface area contributed by atoms with Gasteiger partial charge in [-0.05, 0) is 96.6 Å². The number of benzene rings is 2. The second-order valence-electron chi connectivity index (χ2n) is 7.08. The van der Waals surface area contributed by atoms with Gasteiger partial charge in [-0.1, -0.05) is 17.7 Å². The van der Waals surface area contributed by atoms with Crippen LogP contribution < -0.4 is 10.2 Å². The fourth-order valence-corrected chi connectivity index (χ4v) is 4.13. The summed E-state index contributed by atoms with van der Waals surface area (Å²) < 4.78 is 3.18. The standard InChI is InChI=1S/C23H17ClIN3O3/c1-13-10-15(14(2)27(13)18-8-6-17(25)7-9-18)11-20-21(29)26-23(31)28(22(20)30)19-5-3-4-16(24)12-19/h3-12H,1-2H3,(H,26,29,31)/b20-11+. The van der Waals surface area contributed by atoms with E-state index >= 15 is 0 Å². The number of hydrogen-bond acceptors (Lipinski definition) is 3. The second kappa shape index (κ2) is 8.32. The third kappa shape index (κ3) is 4.03. The van der Waals surface area contributed by atoms with Gasteiger partial charge < -0.3 is 4.57 Å². The summed E-state index contributed by atoms with van der Waals surface area (Å²) in [6.45, 7) is 3.87. The van der Waals surface area contributed by atoms with Crippen LogP contribution in [0.15, 0.2) is 60.2 Å². The second-order valence-corrected chi connectivity index (χ2v) is 8.76. The molecule has 0 spiro atoms. The van der Waals surface area contributed by atoms with Crippen molar-refractivity contribution in [3.63, 3.8) is 0 Å². The van der Waals surface area contributed by atoms with Crippen LogP contribution >= 0.6 is 34.2 Å². The highest BCUT2D eigenvalue weighted by molar-refractivity contribution is 14.1. The quantitative estimate of drug-likeness (QED) is 0.286. The maximum absolute atomic E-state index is 13.1. The van der Waals surface area contributed by atoms with E-state index in [1.54, 1.807) is 18.2 Å². The summed E-state index contributed by atoms with van der Waals surface area (Å²) in [7, 11) is 0. The molecule has 0 atom stereocenters. The molecular weight excluding hydrogens is 529 g/mol. The molecule has 0 bridgehead atoms. The molecular formula is C23H17ClIN3O3. The number of nitrogens with zero attached hydrogens (tertiary/aromatic N) is 2. The van der Waals surface area contributed by atoms with Crippen LogP contribution in [0.2, 0.25) is 5.02 Å². The molecule has 2 heterocycles. The summed E-state index contributed by atoms with van der Waals surface area (Å²) in [5.74, 6) is -1.43. The van der Waals surface area contributed by atoms with Gasteiger partial charge in [0.2, 0.25) is 0 Å². The minimum Gasteiger partial charge on any atom is -0.318 e. The highest BCUT2D eigenvalue weighted by atomic mass is 127. The lowest BCUT2D eigenvalue weighted by molar-refractivity contribution is -0.122. The van der Waals surface area contributed by atoms with Crippen LogP contribution in [0.25, 0.3) is 11.8 Å². The number of carbonyl (C=O) groups is 3. The highest BCUT2D eigenvalue weighted by Gasteiger charge is 2.37. The Bertz CT molecular complexity index is 1260. The van der Waals surface area contributed by atoms with Crippen LogP contribution in [0.4, 0.5) is 10.5 Å². The maximum atomic E-state index is 13.1. The smallest absolute Gasteiger partial charge is 0.318 e. The Labute approximate surface area is 197 Å². The Morgan fingerprint density at radius 1 is 0.968 bits per heavy atom. The molecule has 3 aromatic rings. The lowest BCUT2D eigenvalue weighted by Gasteiger charge is -2.26. The molecule has 8 heteroatoms. The van der Waals surface area contributed by atoms with Crippen molar-refractivity contribution >= 4 is 63.8 Å². The SMILES string of the molecule is Cc1cc(/C=C2\C(=O)NC(=O)N(c3cccc(Cl)c3)C2=O)c(C)n1-c1ccc(I)cc1. The van der Waals surface area contributed by atoms with E-state index in [0.29, 0.717) is 5.02 Å². The zero-order chi connectivity index (χ0) is 22.3. The van der Waals surface area contributed by atoms with E-state index in [0.717, 1.165) is 31.1 Å². The molecule has 6 nitrogen and oxygen atoms in total. The van der Waals surface area contributed by atoms with Crippen molar-refractivity contribution in [2.45, 2.75) is 13.8 Å². The Balaban J connectivity index is 1.76. The third-order valence-electron chi connectivity index (χ3n) is 5.02. The molecule has 0 aliphatic carbocycles. The number of aromatic nitrogens is 1. The number of barbiturate groups is 1. The number of carbonyl (C=O) groups excluding carboxylic acids is 3. The van der Waals surface area contributed by atoms with Gasteiger partial charge >= 0.3 is 6.03 Å². The Kier molecular flexibility index (Phi) is 5.72. The first-order chi connectivity index (χ1) is 14.8. The first-order valence-electron chi connectivity index (χ1n) is 9.38. The number of aryl methyl sites for hydroxylation is 1. The average molecular weight is 546 g/mol. The van der Waals surface area contributed by atoms with Gasteiger partial charge in [0.25, 0.3) is 11.8 Å². The van der Waals surface area contributed by atoms with Crippen LogP contribution in [0.3, 0.4) is 0 Å². The number of anilines is 1. The molecule has 1 saturated heterocycles. The monoisotopic (exact) mass is 545 g/mol. The summed E-state index contributed by atoms with van der Waals surface area (Å²) in [6.07, 6.45) is 1.52. The topological polar surface area (TPSA) is 71.4 Å². The summed E-state index contributed by atoms with van der Waals surface area (Å²) in [4.78, 5) is 38.9. The number of nitrogens with one attached hydrogen (secondary N) is 1. The first-order valence-corrected chi connectivity index (χ1v) is 10.8. The zero-order valence-corrected chi connectivity index (χ0v) is 19.6. The summed E-state index contributed by atoms with van der Waals surface area (Å²) in [5.41, 5.74) is 3.69. The molecule has 31 heavy (non-hydrogen) atoms. The van der Waals surface area contributed by atoms with Crippen molar-refractivity contribution < 1.29 is 14.4 Å². The molecule has 0 saturated carbocycles. The van der Waals surface area contributed by atoms with E-state index in [1.807, 2.05) is 48.7 Å². The van der Waals surface area contributed by atoms with Crippen LogP contribution in [0.5, 0.6) is 0 Å². The summed E-state index contributed by atoms with van der Waals surface area (Å²) in [5, 5.41) is 2.61. The van der Waals surface area contributed by atoms with Crippen LogP contribution in [-0.4, -0.2) is 22.4 Å². The molecule has 1 aliphatic heterocycles. The number of amides is 4. The van der Waals surface area contributed by atoms with Crippen molar-refractivity contribution in [3.8, 4) is 5.69 Å². The van der Waals surface area contributed by atoms with E-state index < -0.39 is 17.8 Å².